The summed E-state index contributed by atoms with van der Waals surface area (Å²) >= 11 is 0. The second kappa shape index (κ2) is 8.67. The molecule has 0 unspecified atom stereocenters. The van der Waals surface area contributed by atoms with Crippen LogP contribution in [-0.2, 0) is 16.0 Å². The standard InChI is InChI=1S/C27H22N2O9/c28-26(35)22-19(31)11-15-9-14-10-17-13(5-4-12-2-1-3-16(8-12)29(37)38)6-7-18(30)21(17)23(32)20(14)24(33)27(15,36)25(22)34/h1-8,14-15,30-31,33,36H,9-11H2,(H2,28,35)/b5-4+/t14-,15+,27+/m1/s1. The van der Waals surface area contributed by atoms with Gasteiger partial charge in [0.15, 0.2) is 11.4 Å². The first-order valence-electron chi connectivity index (χ1n) is 11.7. The number of aromatic hydroxyl groups is 1. The second-order valence-corrected chi connectivity index (χ2v) is 9.62. The number of aliphatic hydroxyl groups is 3. The van der Waals surface area contributed by atoms with Crippen molar-refractivity contribution in [1.29, 1.82) is 0 Å². The van der Waals surface area contributed by atoms with Crippen molar-refractivity contribution < 1.29 is 39.7 Å². The number of non-ortho nitro benzene ring substituents is 1. The number of hydrogen-bond acceptors (Lipinski definition) is 9. The number of nitro benzene ring substituents is 1. The van der Waals surface area contributed by atoms with Crippen LogP contribution in [0.5, 0.6) is 5.75 Å². The van der Waals surface area contributed by atoms with Crippen molar-refractivity contribution >= 4 is 35.3 Å². The first-order valence-corrected chi connectivity index (χ1v) is 11.7. The number of aliphatic hydroxyl groups excluding tert-OH is 2. The third kappa shape index (κ3) is 3.58. The Morgan fingerprint density at radius 1 is 1.11 bits per heavy atom. The van der Waals surface area contributed by atoms with Gasteiger partial charge in [-0.3, -0.25) is 24.5 Å². The number of carbonyl (C=O) groups is 3. The molecule has 0 radical (unpaired) electrons. The van der Waals surface area contributed by atoms with Crippen molar-refractivity contribution in [2.24, 2.45) is 17.6 Å². The smallest absolute Gasteiger partial charge is 0.270 e. The minimum absolute atomic E-state index is 0.0204. The highest BCUT2D eigenvalue weighted by atomic mass is 16.6. The molecule has 11 heteroatoms. The Morgan fingerprint density at radius 3 is 2.53 bits per heavy atom. The number of phenols is 1. The van der Waals surface area contributed by atoms with Gasteiger partial charge in [-0.1, -0.05) is 30.4 Å². The third-order valence-electron chi connectivity index (χ3n) is 7.52. The normalized spacial score (nSPS) is 24.8. The topological polar surface area (TPSA) is 201 Å². The number of rotatable bonds is 4. The quantitative estimate of drug-likeness (QED) is 0.174. The number of Topliss-reactive ketones (excluding diaryl/α,β-unsaturated/α-hetero) is 2. The van der Waals surface area contributed by atoms with Crippen molar-refractivity contribution in [2.75, 3.05) is 0 Å². The molecule has 6 N–H and O–H groups in total. The Balaban J connectivity index is 1.59. The van der Waals surface area contributed by atoms with Crippen molar-refractivity contribution in [3.8, 4) is 5.75 Å². The van der Waals surface area contributed by atoms with Crippen LogP contribution in [0.3, 0.4) is 0 Å². The van der Waals surface area contributed by atoms with E-state index in [1.807, 2.05) is 0 Å². The van der Waals surface area contributed by atoms with Gasteiger partial charge in [0, 0.05) is 30.0 Å². The molecule has 38 heavy (non-hydrogen) atoms. The van der Waals surface area contributed by atoms with Crippen LogP contribution in [-0.4, -0.2) is 48.4 Å². The van der Waals surface area contributed by atoms with Gasteiger partial charge in [0.2, 0.25) is 5.78 Å². The van der Waals surface area contributed by atoms with Gasteiger partial charge in [0.05, 0.1) is 10.5 Å². The van der Waals surface area contributed by atoms with Crippen LogP contribution >= 0.6 is 0 Å². The van der Waals surface area contributed by atoms with E-state index in [1.54, 1.807) is 24.3 Å². The van der Waals surface area contributed by atoms with Crippen LogP contribution in [0.2, 0.25) is 0 Å². The molecule has 0 saturated carbocycles. The van der Waals surface area contributed by atoms with Crippen molar-refractivity contribution in [1.82, 2.24) is 0 Å². The summed E-state index contributed by atoms with van der Waals surface area (Å²) in [5, 5.41) is 54.3. The Bertz CT molecular complexity index is 1550. The number of nitro groups is 1. The molecule has 194 valence electrons. The molecule has 5 rings (SSSR count). The van der Waals surface area contributed by atoms with Crippen molar-refractivity contribution in [3.05, 3.63) is 91.4 Å². The van der Waals surface area contributed by atoms with E-state index < -0.39 is 56.9 Å². The van der Waals surface area contributed by atoms with Gasteiger partial charge < -0.3 is 26.2 Å². The van der Waals surface area contributed by atoms with Gasteiger partial charge in [0.1, 0.15) is 22.8 Å². The van der Waals surface area contributed by atoms with Crippen molar-refractivity contribution in [3.63, 3.8) is 0 Å². The highest BCUT2D eigenvalue weighted by Gasteiger charge is 2.59. The van der Waals surface area contributed by atoms with Crippen molar-refractivity contribution in [2.45, 2.75) is 24.9 Å². The molecule has 0 heterocycles. The van der Waals surface area contributed by atoms with Crippen LogP contribution < -0.4 is 5.73 Å². The molecule has 0 bridgehead atoms. The van der Waals surface area contributed by atoms with Crippen LogP contribution in [0.1, 0.15) is 39.9 Å². The van der Waals surface area contributed by atoms with Crippen LogP contribution in [0.4, 0.5) is 5.69 Å². The van der Waals surface area contributed by atoms with E-state index in [-0.39, 0.29) is 41.8 Å². The Labute approximate surface area is 215 Å². The molecule has 0 aliphatic heterocycles. The van der Waals surface area contributed by atoms with Gasteiger partial charge in [-0.15, -0.1) is 0 Å². The molecular weight excluding hydrogens is 496 g/mol. The molecule has 0 saturated heterocycles. The number of carbonyl (C=O) groups excluding carboxylic acids is 3. The highest BCUT2D eigenvalue weighted by Crippen LogP contribution is 2.51. The molecule has 11 nitrogen and oxygen atoms in total. The predicted molar refractivity (Wildman–Crippen MR) is 133 cm³/mol. The highest BCUT2D eigenvalue weighted by molar-refractivity contribution is 6.24. The predicted octanol–water partition coefficient (Wildman–Crippen LogP) is 2.66. The lowest BCUT2D eigenvalue weighted by Crippen LogP contribution is -2.57. The monoisotopic (exact) mass is 518 g/mol. The van der Waals surface area contributed by atoms with E-state index in [9.17, 15) is 44.9 Å². The van der Waals surface area contributed by atoms with E-state index in [0.29, 0.717) is 16.7 Å². The average Bonchev–Trinajstić information content (AvgIpc) is 2.85. The summed E-state index contributed by atoms with van der Waals surface area (Å²) in [5.74, 6) is -6.88. The van der Waals surface area contributed by atoms with Crippen LogP contribution in [0, 0.1) is 22.0 Å². The molecular formula is C27H22N2O9. The number of phenolic OH excluding ortho intramolecular Hbond substituents is 1. The fourth-order valence-electron chi connectivity index (χ4n) is 5.73. The van der Waals surface area contributed by atoms with Crippen LogP contribution in [0.15, 0.2) is 59.1 Å². The molecule has 0 fully saturated rings. The summed E-state index contributed by atoms with van der Waals surface area (Å²) in [6.07, 6.45) is 3.13. The zero-order valence-corrected chi connectivity index (χ0v) is 19.7. The molecule has 3 aliphatic carbocycles. The van der Waals surface area contributed by atoms with E-state index in [2.05, 4.69) is 0 Å². The number of ketones is 2. The maximum Gasteiger partial charge on any atom is 0.270 e. The summed E-state index contributed by atoms with van der Waals surface area (Å²) in [4.78, 5) is 48.9. The van der Waals surface area contributed by atoms with E-state index >= 15 is 0 Å². The lowest BCUT2D eigenvalue weighted by atomic mass is 9.60. The van der Waals surface area contributed by atoms with Gasteiger partial charge in [-0.05, 0) is 41.5 Å². The third-order valence-corrected chi connectivity index (χ3v) is 7.52. The molecule has 0 spiro atoms. The average molecular weight is 518 g/mol. The first kappa shape index (κ1) is 24.9. The number of amides is 1. The summed E-state index contributed by atoms with van der Waals surface area (Å²) in [7, 11) is 0. The van der Waals surface area contributed by atoms with Gasteiger partial charge in [-0.25, -0.2) is 0 Å². The van der Waals surface area contributed by atoms with Gasteiger partial charge in [-0.2, -0.15) is 0 Å². The van der Waals surface area contributed by atoms with Crippen LogP contribution in [0.25, 0.3) is 12.2 Å². The van der Waals surface area contributed by atoms with E-state index in [0.717, 1.165) is 0 Å². The fourth-order valence-corrected chi connectivity index (χ4v) is 5.73. The second-order valence-electron chi connectivity index (χ2n) is 9.62. The maximum atomic E-state index is 13.6. The minimum atomic E-state index is -2.62. The summed E-state index contributed by atoms with van der Waals surface area (Å²) in [6, 6.07) is 8.83. The molecule has 0 aromatic heterocycles. The number of hydrogen-bond donors (Lipinski definition) is 5. The Morgan fingerprint density at radius 2 is 1.84 bits per heavy atom. The number of nitrogens with zero attached hydrogens (tertiary/aromatic N) is 1. The number of benzene rings is 2. The van der Waals surface area contributed by atoms with E-state index in [1.165, 1.54) is 24.3 Å². The molecule has 3 atom stereocenters. The van der Waals surface area contributed by atoms with Gasteiger partial charge in [0.25, 0.3) is 11.6 Å². The number of nitrogens with two attached hydrogens (primary N) is 1. The van der Waals surface area contributed by atoms with E-state index in [4.69, 9.17) is 5.73 Å². The fraction of sp³-hybridized carbons (Fsp3) is 0.222. The number of fused-ring (bicyclic) bond motifs is 3. The summed E-state index contributed by atoms with van der Waals surface area (Å²) in [6.45, 7) is 0. The largest absolute Gasteiger partial charge is 0.511 e. The van der Waals surface area contributed by atoms with Gasteiger partial charge >= 0.3 is 0 Å². The minimum Gasteiger partial charge on any atom is -0.511 e. The Kier molecular flexibility index (Phi) is 5.68. The lowest BCUT2D eigenvalue weighted by molar-refractivity contribution is -0.384. The number of allylic oxidation sites excluding steroid dienone is 2. The molecule has 2 aromatic rings. The summed E-state index contributed by atoms with van der Waals surface area (Å²) < 4.78 is 0. The maximum absolute atomic E-state index is 13.6. The zero-order valence-electron chi connectivity index (χ0n) is 19.7. The lowest BCUT2D eigenvalue weighted by Gasteiger charge is -2.45. The molecule has 2 aromatic carbocycles. The SMILES string of the molecule is NC(=O)C1=C(O)C[C@@H]2C[C@@H]3Cc4c(/C=C/c5cccc([N+](=O)[O-])c5)ccc(O)c4C(=O)C3=C(O)[C@]2(O)C1=O. The first-order chi connectivity index (χ1) is 17.9. The number of primary amides is 1. The summed E-state index contributed by atoms with van der Waals surface area (Å²) in [5.41, 5.74) is 2.86. The molecule has 1 amide bonds. The zero-order chi connectivity index (χ0) is 27.5. The Hall–Kier alpha value is -4.77. The molecule has 3 aliphatic rings.